The molecule has 0 saturated carbocycles. The number of hydrogen-bond acceptors (Lipinski definition) is 6. The van der Waals surface area contributed by atoms with Crippen LogP contribution in [0.4, 0.5) is 11.4 Å². The Labute approximate surface area is 168 Å². The fraction of sp³-hybridized carbons (Fsp3) is 0.333. The van der Waals surface area contributed by atoms with Gasteiger partial charge in [-0.05, 0) is 36.8 Å². The highest BCUT2D eigenvalue weighted by Crippen LogP contribution is 2.40. The topological polar surface area (TPSA) is 86.3 Å². The number of nitrogens with zero attached hydrogens (tertiary/aromatic N) is 1. The second kappa shape index (κ2) is 7.90. The van der Waals surface area contributed by atoms with E-state index in [1.807, 2.05) is 0 Å². The fourth-order valence-electron chi connectivity index (χ4n) is 3.49. The smallest absolute Gasteiger partial charge is 0.255 e. The number of carbonyl (C=O) groups is 2. The van der Waals surface area contributed by atoms with E-state index >= 15 is 0 Å². The summed E-state index contributed by atoms with van der Waals surface area (Å²) in [7, 11) is 3.07. The van der Waals surface area contributed by atoms with E-state index in [2.05, 4.69) is 5.32 Å². The van der Waals surface area contributed by atoms with Crippen molar-refractivity contribution in [1.29, 1.82) is 0 Å². The van der Waals surface area contributed by atoms with Gasteiger partial charge in [0.25, 0.3) is 5.91 Å². The van der Waals surface area contributed by atoms with Crippen LogP contribution in [-0.4, -0.2) is 45.8 Å². The first-order chi connectivity index (χ1) is 14.1. The summed E-state index contributed by atoms with van der Waals surface area (Å²) in [4.78, 5) is 26.7. The molecule has 2 heterocycles. The maximum atomic E-state index is 12.8. The molecule has 0 spiro atoms. The summed E-state index contributed by atoms with van der Waals surface area (Å²) < 4.78 is 21.9. The lowest BCUT2D eigenvalue weighted by Gasteiger charge is -2.22. The van der Waals surface area contributed by atoms with Gasteiger partial charge in [-0.1, -0.05) is 0 Å². The van der Waals surface area contributed by atoms with Gasteiger partial charge in [-0.2, -0.15) is 0 Å². The molecule has 29 heavy (non-hydrogen) atoms. The molecule has 1 N–H and O–H groups in total. The molecule has 2 aromatic rings. The molecule has 152 valence electrons. The second-order valence-corrected chi connectivity index (χ2v) is 6.69. The lowest BCUT2D eigenvalue weighted by atomic mass is 10.1. The van der Waals surface area contributed by atoms with Crippen molar-refractivity contribution in [3.8, 4) is 23.0 Å². The predicted molar refractivity (Wildman–Crippen MR) is 107 cm³/mol. The van der Waals surface area contributed by atoms with Crippen molar-refractivity contribution in [2.24, 2.45) is 0 Å². The zero-order chi connectivity index (χ0) is 20.4. The Balaban J connectivity index is 1.61. The molecule has 8 heteroatoms. The average Bonchev–Trinajstić information content (AvgIpc) is 3.18. The largest absolute Gasteiger partial charge is 0.495 e. The average molecular weight is 398 g/mol. The van der Waals surface area contributed by atoms with Crippen molar-refractivity contribution in [3.63, 3.8) is 0 Å². The van der Waals surface area contributed by atoms with Gasteiger partial charge in [0.05, 0.1) is 19.9 Å². The number of fused-ring (bicyclic) bond motifs is 1. The number of nitrogens with one attached hydrogen (secondary N) is 1. The molecule has 1 fully saturated rings. The summed E-state index contributed by atoms with van der Waals surface area (Å²) in [6.45, 7) is 1.47. The minimum Gasteiger partial charge on any atom is -0.495 e. The summed E-state index contributed by atoms with van der Waals surface area (Å²) in [5.74, 6) is 1.70. The van der Waals surface area contributed by atoms with E-state index in [4.69, 9.17) is 18.9 Å². The maximum absolute atomic E-state index is 12.8. The number of methoxy groups -OCH3 is 2. The number of rotatable bonds is 5. The van der Waals surface area contributed by atoms with Crippen LogP contribution < -0.4 is 29.2 Å². The van der Waals surface area contributed by atoms with Crippen LogP contribution in [0.25, 0.3) is 0 Å². The van der Waals surface area contributed by atoms with Gasteiger partial charge in [0.15, 0.2) is 11.5 Å². The van der Waals surface area contributed by atoms with Crippen LogP contribution in [0.5, 0.6) is 23.0 Å². The summed E-state index contributed by atoms with van der Waals surface area (Å²) in [6.07, 6.45) is 1.31. The van der Waals surface area contributed by atoms with Crippen LogP contribution >= 0.6 is 0 Å². The van der Waals surface area contributed by atoms with Gasteiger partial charge in [-0.3, -0.25) is 9.59 Å². The Morgan fingerprint density at radius 2 is 1.86 bits per heavy atom. The molecule has 0 aliphatic carbocycles. The van der Waals surface area contributed by atoms with Crippen molar-refractivity contribution in [2.75, 3.05) is 44.2 Å². The maximum Gasteiger partial charge on any atom is 0.255 e. The summed E-state index contributed by atoms with van der Waals surface area (Å²) in [5.41, 5.74) is 1.58. The minimum atomic E-state index is -0.330. The fourth-order valence-corrected chi connectivity index (χ4v) is 3.49. The summed E-state index contributed by atoms with van der Waals surface area (Å²) >= 11 is 0. The molecule has 0 aromatic heterocycles. The standard InChI is InChI=1S/C21H22N2O6/c1-26-16-6-5-14(12-15(16)23-7-3-4-19(23)24)22-21(25)13-10-17(27-2)20-18(11-13)28-8-9-29-20/h5-6,10-12H,3-4,7-9H2,1-2H3,(H,22,25). The lowest BCUT2D eigenvalue weighted by Crippen LogP contribution is -2.24. The van der Waals surface area contributed by atoms with E-state index in [1.54, 1.807) is 42.3 Å². The number of amides is 2. The third-order valence-corrected chi connectivity index (χ3v) is 4.89. The van der Waals surface area contributed by atoms with Crippen LogP contribution in [0.2, 0.25) is 0 Å². The first-order valence-corrected chi connectivity index (χ1v) is 9.38. The molecule has 2 aliphatic heterocycles. The molecule has 2 amide bonds. The highest BCUT2D eigenvalue weighted by molar-refractivity contribution is 6.06. The van der Waals surface area contributed by atoms with Crippen LogP contribution in [-0.2, 0) is 4.79 Å². The van der Waals surface area contributed by atoms with Gasteiger partial charge < -0.3 is 29.2 Å². The number of carbonyl (C=O) groups excluding carboxylic acids is 2. The molecular formula is C21H22N2O6. The minimum absolute atomic E-state index is 0.0448. The Morgan fingerprint density at radius 3 is 2.59 bits per heavy atom. The van der Waals surface area contributed by atoms with E-state index in [0.29, 0.717) is 66.1 Å². The molecule has 0 atom stereocenters. The van der Waals surface area contributed by atoms with Crippen molar-refractivity contribution in [3.05, 3.63) is 35.9 Å². The quantitative estimate of drug-likeness (QED) is 0.834. The third-order valence-electron chi connectivity index (χ3n) is 4.89. The molecule has 0 unspecified atom stereocenters. The van der Waals surface area contributed by atoms with Crippen molar-refractivity contribution in [1.82, 2.24) is 0 Å². The van der Waals surface area contributed by atoms with Crippen molar-refractivity contribution >= 4 is 23.2 Å². The van der Waals surface area contributed by atoms with Crippen molar-refractivity contribution < 1.29 is 28.5 Å². The summed E-state index contributed by atoms with van der Waals surface area (Å²) in [6, 6.07) is 8.45. The van der Waals surface area contributed by atoms with Gasteiger partial charge >= 0.3 is 0 Å². The second-order valence-electron chi connectivity index (χ2n) is 6.69. The van der Waals surface area contributed by atoms with E-state index in [0.717, 1.165) is 6.42 Å². The van der Waals surface area contributed by atoms with Crippen LogP contribution in [0.15, 0.2) is 30.3 Å². The first kappa shape index (κ1) is 18.9. The molecule has 2 aromatic carbocycles. The van der Waals surface area contributed by atoms with Crippen molar-refractivity contribution in [2.45, 2.75) is 12.8 Å². The zero-order valence-corrected chi connectivity index (χ0v) is 16.3. The Hall–Kier alpha value is -3.42. The van der Waals surface area contributed by atoms with Crippen LogP contribution in [0.1, 0.15) is 23.2 Å². The first-order valence-electron chi connectivity index (χ1n) is 9.38. The molecule has 1 saturated heterocycles. The lowest BCUT2D eigenvalue weighted by molar-refractivity contribution is -0.117. The zero-order valence-electron chi connectivity index (χ0n) is 16.3. The van der Waals surface area contributed by atoms with E-state index in [9.17, 15) is 9.59 Å². The monoisotopic (exact) mass is 398 g/mol. The molecule has 0 radical (unpaired) electrons. The molecule has 2 aliphatic rings. The van der Waals surface area contributed by atoms with E-state index < -0.39 is 0 Å². The van der Waals surface area contributed by atoms with E-state index in [1.165, 1.54) is 7.11 Å². The highest BCUT2D eigenvalue weighted by Gasteiger charge is 2.25. The number of ether oxygens (including phenoxy) is 4. The highest BCUT2D eigenvalue weighted by atomic mass is 16.6. The van der Waals surface area contributed by atoms with Crippen LogP contribution in [0, 0.1) is 0 Å². The van der Waals surface area contributed by atoms with Gasteiger partial charge in [-0.15, -0.1) is 0 Å². The van der Waals surface area contributed by atoms with Crippen LogP contribution in [0.3, 0.4) is 0 Å². The molecular weight excluding hydrogens is 376 g/mol. The van der Waals surface area contributed by atoms with Gasteiger partial charge in [0, 0.05) is 24.2 Å². The number of hydrogen-bond donors (Lipinski definition) is 1. The van der Waals surface area contributed by atoms with Gasteiger partial charge in [-0.25, -0.2) is 0 Å². The third kappa shape index (κ3) is 3.65. The Bertz CT molecular complexity index is 941. The van der Waals surface area contributed by atoms with Gasteiger partial charge in [0.1, 0.15) is 19.0 Å². The summed E-state index contributed by atoms with van der Waals surface area (Å²) in [5, 5.41) is 2.86. The van der Waals surface area contributed by atoms with Gasteiger partial charge in [0.2, 0.25) is 11.7 Å². The SMILES string of the molecule is COc1ccc(NC(=O)c2cc(OC)c3c(c2)OCCO3)cc1N1CCCC1=O. The Kier molecular flexibility index (Phi) is 5.16. The number of benzene rings is 2. The predicted octanol–water partition coefficient (Wildman–Crippen LogP) is 2.85. The molecule has 8 nitrogen and oxygen atoms in total. The van der Waals surface area contributed by atoms with E-state index in [-0.39, 0.29) is 11.8 Å². The normalized spacial score (nSPS) is 15.2. The molecule has 0 bridgehead atoms. The Morgan fingerprint density at radius 1 is 1.07 bits per heavy atom. The molecule has 4 rings (SSSR count). The number of anilines is 2.